The quantitative estimate of drug-likeness (QED) is 0.296. The maximum absolute atomic E-state index is 13.2. The number of ketones is 1. The van der Waals surface area contributed by atoms with Crippen LogP contribution in [0.5, 0.6) is 28.7 Å². The molecule has 1 unspecified atom stereocenters. The molecule has 1 atom stereocenters. The number of hydrogen-bond donors (Lipinski definition) is 1. The Hall–Kier alpha value is -4.79. The van der Waals surface area contributed by atoms with Gasteiger partial charge >= 0.3 is 5.97 Å². The second-order valence-electron chi connectivity index (χ2n) is 8.46. The number of benzene rings is 3. The number of primary amides is 1. The molecule has 0 fully saturated rings. The van der Waals surface area contributed by atoms with Gasteiger partial charge in [-0.25, -0.2) is 0 Å². The summed E-state index contributed by atoms with van der Waals surface area (Å²) in [6, 6.07) is 15.5. The first-order chi connectivity index (χ1) is 17.9. The Labute approximate surface area is 212 Å². The standard InChI is InChI=1S/C28H23NO8/c1-33-17-6-3-15(4-7-17)11-23-27(32)18-8-10-21-26(28(18)37-23)19(13-25(31)36-21)16-5-9-20(34-2)22(12-16)35-14-24(29)30/h3-12,19H,13-14H2,1-2H3,(H2,29,30). The number of carbonyl (C=O) groups is 3. The van der Waals surface area contributed by atoms with Crippen molar-refractivity contribution in [2.75, 3.05) is 20.8 Å². The number of allylic oxidation sites excluding steroid dienone is 1. The van der Waals surface area contributed by atoms with Gasteiger partial charge < -0.3 is 29.4 Å². The number of nitrogens with two attached hydrogens (primary N) is 1. The zero-order valence-corrected chi connectivity index (χ0v) is 20.1. The number of methoxy groups -OCH3 is 2. The highest BCUT2D eigenvalue weighted by molar-refractivity contribution is 6.15. The van der Waals surface area contributed by atoms with E-state index in [4.69, 9.17) is 29.4 Å². The van der Waals surface area contributed by atoms with Crippen LogP contribution in [0.25, 0.3) is 6.08 Å². The minimum atomic E-state index is -0.639. The number of rotatable bonds is 7. The summed E-state index contributed by atoms with van der Waals surface area (Å²) in [5.41, 5.74) is 7.63. The van der Waals surface area contributed by atoms with E-state index in [-0.39, 0.29) is 24.6 Å². The molecule has 188 valence electrons. The lowest BCUT2D eigenvalue weighted by atomic mass is 9.84. The third-order valence-electron chi connectivity index (χ3n) is 6.15. The molecule has 0 aliphatic carbocycles. The first-order valence-electron chi connectivity index (χ1n) is 11.4. The van der Waals surface area contributed by atoms with Crippen LogP contribution in [0.3, 0.4) is 0 Å². The molecule has 9 nitrogen and oxygen atoms in total. The van der Waals surface area contributed by atoms with E-state index in [9.17, 15) is 14.4 Å². The van der Waals surface area contributed by atoms with Crippen molar-refractivity contribution in [2.24, 2.45) is 5.73 Å². The third-order valence-corrected chi connectivity index (χ3v) is 6.15. The summed E-state index contributed by atoms with van der Waals surface area (Å²) in [5.74, 6) is 0.369. The van der Waals surface area contributed by atoms with Crippen molar-refractivity contribution in [2.45, 2.75) is 12.3 Å². The van der Waals surface area contributed by atoms with Crippen LogP contribution in [0, 0.1) is 0 Å². The fourth-order valence-electron chi connectivity index (χ4n) is 4.41. The normalized spacial score (nSPS) is 16.9. The number of esters is 1. The van der Waals surface area contributed by atoms with E-state index in [1.807, 2.05) is 12.1 Å². The zero-order chi connectivity index (χ0) is 26.1. The van der Waals surface area contributed by atoms with Crippen molar-refractivity contribution in [3.05, 3.63) is 82.6 Å². The SMILES string of the molecule is COc1ccc(C=C2Oc3c(ccc4c3C(c3ccc(OC)c(OCC(N)=O)c3)CC(=O)O4)C2=O)cc1. The number of carbonyl (C=O) groups excluding carboxylic acids is 3. The molecule has 2 heterocycles. The molecule has 37 heavy (non-hydrogen) atoms. The molecule has 2 aliphatic heterocycles. The Morgan fingerprint density at radius 1 is 1.00 bits per heavy atom. The summed E-state index contributed by atoms with van der Waals surface area (Å²) in [6.07, 6.45) is 1.67. The van der Waals surface area contributed by atoms with Gasteiger partial charge in [0.15, 0.2) is 23.9 Å². The zero-order valence-electron chi connectivity index (χ0n) is 20.1. The van der Waals surface area contributed by atoms with Gasteiger partial charge in [-0.15, -0.1) is 0 Å². The lowest BCUT2D eigenvalue weighted by molar-refractivity contribution is -0.135. The molecule has 0 radical (unpaired) electrons. The minimum Gasteiger partial charge on any atom is -0.497 e. The Kier molecular flexibility index (Phi) is 6.27. The van der Waals surface area contributed by atoms with Crippen molar-refractivity contribution in [1.29, 1.82) is 0 Å². The van der Waals surface area contributed by atoms with E-state index in [1.54, 1.807) is 55.7 Å². The summed E-state index contributed by atoms with van der Waals surface area (Å²) >= 11 is 0. The summed E-state index contributed by atoms with van der Waals surface area (Å²) in [6.45, 7) is -0.338. The largest absolute Gasteiger partial charge is 0.497 e. The fraction of sp³-hybridized carbons (Fsp3) is 0.179. The van der Waals surface area contributed by atoms with Crippen molar-refractivity contribution < 1.29 is 38.1 Å². The highest BCUT2D eigenvalue weighted by Gasteiger charge is 2.38. The lowest BCUT2D eigenvalue weighted by Crippen LogP contribution is -2.22. The number of hydrogen-bond acceptors (Lipinski definition) is 8. The van der Waals surface area contributed by atoms with Gasteiger partial charge in [-0.2, -0.15) is 0 Å². The first kappa shape index (κ1) is 23.9. The molecular weight excluding hydrogens is 478 g/mol. The maximum atomic E-state index is 13.2. The van der Waals surface area contributed by atoms with Crippen molar-refractivity contribution in [3.8, 4) is 28.7 Å². The monoisotopic (exact) mass is 501 g/mol. The molecule has 2 aliphatic rings. The Morgan fingerprint density at radius 3 is 2.49 bits per heavy atom. The van der Waals surface area contributed by atoms with E-state index < -0.39 is 17.8 Å². The Bertz CT molecular complexity index is 1440. The summed E-state index contributed by atoms with van der Waals surface area (Å²) < 4.78 is 27.6. The van der Waals surface area contributed by atoms with E-state index in [2.05, 4.69) is 0 Å². The highest BCUT2D eigenvalue weighted by Crippen LogP contribution is 2.49. The van der Waals surface area contributed by atoms with Crippen molar-refractivity contribution in [3.63, 3.8) is 0 Å². The van der Waals surface area contributed by atoms with Crippen LogP contribution in [0.2, 0.25) is 0 Å². The molecule has 9 heteroatoms. The molecular formula is C28H23NO8. The van der Waals surface area contributed by atoms with Gasteiger partial charge in [-0.1, -0.05) is 18.2 Å². The van der Waals surface area contributed by atoms with Crippen molar-refractivity contribution in [1.82, 2.24) is 0 Å². The van der Waals surface area contributed by atoms with Crippen LogP contribution < -0.4 is 29.4 Å². The second-order valence-corrected chi connectivity index (χ2v) is 8.46. The molecule has 0 saturated heterocycles. The maximum Gasteiger partial charge on any atom is 0.312 e. The molecule has 3 aromatic carbocycles. The smallest absolute Gasteiger partial charge is 0.312 e. The van der Waals surface area contributed by atoms with Gasteiger partial charge in [0.1, 0.15) is 17.2 Å². The predicted molar refractivity (Wildman–Crippen MR) is 132 cm³/mol. The van der Waals surface area contributed by atoms with Gasteiger partial charge in [-0.3, -0.25) is 14.4 Å². The van der Waals surface area contributed by atoms with Crippen molar-refractivity contribution >= 4 is 23.7 Å². The summed E-state index contributed by atoms with van der Waals surface area (Å²) in [4.78, 5) is 36.9. The molecule has 3 aromatic rings. The first-order valence-corrected chi connectivity index (χ1v) is 11.4. The van der Waals surface area contributed by atoms with Crippen LogP contribution in [0.15, 0.2) is 60.4 Å². The lowest BCUT2D eigenvalue weighted by Gasteiger charge is -2.26. The van der Waals surface area contributed by atoms with Gasteiger partial charge in [0, 0.05) is 11.5 Å². The summed E-state index contributed by atoms with van der Waals surface area (Å²) in [7, 11) is 3.05. The summed E-state index contributed by atoms with van der Waals surface area (Å²) in [5, 5.41) is 0. The minimum absolute atomic E-state index is 0.0140. The van der Waals surface area contributed by atoms with Crippen LogP contribution in [0.1, 0.15) is 39.4 Å². The van der Waals surface area contributed by atoms with Crippen LogP contribution in [0.4, 0.5) is 0 Å². The number of ether oxygens (including phenoxy) is 5. The van der Waals surface area contributed by atoms with Gasteiger partial charge in [0.05, 0.1) is 26.2 Å². The Balaban J connectivity index is 1.55. The van der Waals surface area contributed by atoms with Crippen LogP contribution in [-0.4, -0.2) is 38.5 Å². The molecule has 5 rings (SSSR count). The molecule has 0 saturated carbocycles. The molecule has 0 spiro atoms. The van der Waals surface area contributed by atoms with Gasteiger partial charge in [0.2, 0.25) is 5.78 Å². The molecule has 1 amide bonds. The van der Waals surface area contributed by atoms with Gasteiger partial charge in [-0.05, 0) is 53.6 Å². The molecule has 0 aromatic heterocycles. The second kappa shape index (κ2) is 9.69. The van der Waals surface area contributed by atoms with E-state index in [0.29, 0.717) is 45.4 Å². The van der Waals surface area contributed by atoms with Gasteiger partial charge in [0.25, 0.3) is 5.91 Å². The number of Topliss-reactive ketones (excluding diaryl/α,β-unsaturated/α-hetero) is 1. The average molecular weight is 501 g/mol. The number of amides is 1. The van der Waals surface area contributed by atoms with E-state index in [0.717, 1.165) is 5.56 Å². The highest BCUT2D eigenvalue weighted by atomic mass is 16.5. The third kappa shape index (κ3) is 4.58. The van der Waals surface area contributed by atoms with E-state index in [1.165, 1.54) is 7.11 Å². The van der Waals surface area contributed by atoms with Crippen LogP contribution >= 0.6 is 0 Å². The Morgan fingerprint density at radius 2 is 1.78 bits per heavy atom. The van der Waals surface area contributed by atoms with Crippen LogP contribution in [-0.2, 0) is 9.59 Å². The molecule has 2 N–H and O–H groups in total. The number of fused-ring (bicyclic) bond motifs is 3. The topological polar surface area (TPSA) is 123 Å². The average Bonchev–Trinajstić information content (AvgIpc) is 3.22. The fourth-order valence-corrected chi connectivity index (χ4v) is 4.41. The van der Waals surface area contributed by atoms with E-state index >= 15 is 0 Å². The predicted octanol–water partition coefficient (Wildman–Crippen LogP) is 3.63. The molecule has 0 bridgehead atoms.